The number of hydrogen-bond donors (Lipinski definition) is 1. The summed E-state index contributed by atoms with van der Waals surface area (Å²) in [5, 5.41) is 4.28. The minimum absolute atomic E-state index is 0.0525. The molecular formula is C23H21F2N5O. The predicted octanol–water partition coefficient (Wildman–Crippen LogP) is 4.49. The third-order valence-corrected chi connectivity index (χ3v) is 6.08. The van der Waals surface area contributed by atoms with Crippen LogP contribution in [-0.4, -0.2) is 37.1 Å². The summed E-state index contributed by atoms with van der Waals surface area (Å²) in [5.74, 6) is -1.63. The van der Waals surface area contributed by atoms with E-state index in [1.54, 1.807) is 28.0 Å². The van der Waals surface area contributed by atoms with E-state index in [1.165, 1.54) is 6.07 Å². The number of fused-ring (bicyclic) bond motifs is 1. The number of aryl methyl sites for hydroxylation is 1. The standard InChI is InChI=1S/C23H21F2N5O/c1-14-5-8-18(30-12-4-10-26-30)15(13-14)21(31)29-11-3-9-23(29,2)22-27-17-7-6-16(24)19(25)20(17)28-22/h4-8,10,12-13H,3,9,11H2,1-2H3,(H,27,28)/t23-/m0/s1. The summed E-state index contributed by atoms with van der Waals surface area (Å²) in [4.78, 5) is 23.0. The van der Waals surface area contributed by atoms with Gasteiger partial charge in [0.25, 0.3) is 5.91 Å². The van der Waals surface area contributed by atoms with Crippen LogP contribution in [0.2, 0.25) is 0 Å². The molecular weight excluding hydrogens is 400 g/mol. The first-order chi connectivity index (χ1) is 14.9. The molecule has 1 aliphatic rings. The summed E-state index contributed by atoms with van der Waals surface area (Å²) in [6.07, 6.45) is 4.89. The van der Waals surface area contributed by atoms with Crippen molar-refractivity contribution >= 4 is 16.9 Å². The monoisotopic (exact) mass is 421 g/mol. The van der Waals surface area contributed by atoms with Gasteiger partial charge in [0.05, 0.1) is 22.3 Å². The molecule has 1 atom stereocenters. The number of hydrogen-bond acceptors (Lipinski definition) is 3. The van der Waals surface area contributed by atoms with E-state index >= 15 is 0 Å². The van der Waals surface area contributed by atoms with Crippen LogP contribution in [0, 0.1) is 18.6 Å². The number of benzene rings is 2. The van der Waals surface area contributed by atoms with Crippen molar-refractivity contribution in [1.29, 1.82) is 0 Å². The number of carbonyl (C=O) groups excluding carboxylic acids is 1. The molecule has 158 valence electrons. The van der Waals surface area contributed by atoms with Crippen molar-refractivity contribution in [3.05, 3.63) is 77.4 Å². The fourth-order valence-corrected chi connectivity index (χ4v) is 4.39. The second kappa shape index (κ2) is 7.01. The average molecular weight is 421 g/mol. The Kier molecular flexibility index (Phi) is 4.39. The van der Waals surface area contributed by atoms with Gasteiger partial charge in [0, 0.05) is 18.9 Å². The summed E-state index contributed by atoms with van der Waals surface area (Å²) in [6.45, 7) is 4.38. The molecule has 0 saturated carbocycles. The number of nitrogens with zero attached hydrogens (tertiary/aromatic N) is 4. The predicted molar refractivity (Wildman–Crippen MR) is 112 cm³/mol. The molecule has 3 heterocycles. The number of likely N-dealkylation sites (tertiary alicyclic amines) is 1. The number of aromatic amines is 1. The molecule has 0 unspecified atom stereocenters. The number of H-pyrrole nitrogens is 1. The van der Waals surface area contributed by atoms with Gasteiger partial charge >= 0.3 is 0 Å². The van der Waals surface area contributed by atoms with Gasteiger partial charge in [-0.2, -0.15) is 5.10 Å². The van der Waals surface area contributed by atoms with Crippen molar-refractivity contribution in [2.24, 2.45) is 0 Å². The second-order valence-electron chi connectivity index (χ2n) is 8.15. The fourth-order valence-electron chi connectivity index (χ4n) is 4.39. The normalized spacial score (nSPS) is 18.8. The molecule has 6 nitrogen and oxygen atoms in total. The zero-order chi connectivity index (χ0) is 21.8. The molecule has 0 spiro atoms. The van der Waals surface area contributed by atoms with E-state index in [0.717, 1.165) is 18.1 Å². The molecule has 1 aliphatic heterocycles. The quantitative estimate of drug-likeness (QED) is 0.530. The minimum atomic E-state index is -0.987. The Morgan fingerprint density at radius 2 is 2.06 bits per heavy atom. The topological polar surface area (TPSA) is 66.8 Å². The van der Waals surface area contributed by atoms with Crippen molar-refractivity contribution in [1.82, 2.24) is 24.6 Å². The first-order valence-electron chi connectivity index (χ1n) is 10.2. The Labute approximate surface area is 177 Å². The highest BCUT2D eigenvalue weighted by molar-refractivity contribution is 5.98. The number of nitrogens with one attached hydrogen (secondary N) is 1. The SMILES string of the molecule is Cc1ccc(-n2cccn2)c(C(=O)N2CCC[C@@]2(C)c2nc3c(F)c(F)ccc3[nH]2)c1. The summed E-state index contributed by atoms with van der Waals surface area (Å²) >= 11 is 0. The Balaban J connectivity index is 1.59. The zero-order valence-corrected chi connectivity index (χ0v) is 17.2. The number of rotatable bonds is 3. The summed E-state index contributed by atoms with van der Waals surface area (Å²) < 4.78 is 29.6. The summed E-state index contributed by atoms with van der Waals surface area (Å²) in [6, 6.07) is 10.0. The molecule has 1 fully saturated rings. The summed E-state index contributed by atoms with van der Waals surface area (Å²) in [7, 11) is 0. The fraction of sp³-hybridized carbons (Fsp3) is 0.261. The van der Waals surface area contributed by atoms with Crippen LogP contribution < -0.4 is 0 Å². The van der Waals surface area contributed by atoms with Crippen LogP contribution in [0.4, 0.5) is 8.78 Å². The lowest BCUT2D eigenvalue weighted by atomic mass is 9.96. The highest BCUT2D eigenvalue weighted by Gasteiger charge is 2.44. The molecule has 0 bridgehead atoms. The number of carbonyl (C=O) groups is 1. The molecule has 0 radical (unpaired) electrons. The maximum Gasteiger partial charge on any atom is 0.256 e. The summed E-state index contributed by atoms with van der Waals surface area (Å²) in [5.41, 5.74) is 1.76. The molecule has 8 heteroatoms. The highest BCUT2D eigenvalue weighted by atomic mass is 19.2. The maximum absolute atomic E-state index is 14.3. The molecule has 1 N–H and O–H groups in total. The Hall–Kier alpha value is -3.55. The number of amides is 1. The Morgan fingerprint density at radius 3 is 2.84 bits per heavy atom. The molecule has 5 rings (SSSR count). The maximum atomic E-state index is 14.3. The average Bonchev–Trinajstić information content (AvgIpc) is 3.50. The number of aromatic nitrogens is 4. The van der Waals surface area contributed by atoms with Crippen LogP contribution in [0.3, 0.4) is 0 Å². The Morgan fingerprint density at radius 1 is 1.23 bits per heavy atom. The van der Waals surface area contributed by atoms with Crippen LogP contribution in [0.25, 0.3) is 16.7 Å². The van der Waals surface area contributed by atoms with E-state index in [0.29, 0.717) is 35.6 Å². The van der Waals surface area contributed by atoms with E-state index in [-0.39, 0.29) is 11.4 Å². The minimum Gasteiger partial charge on any atom is -0.340 e. The van der Waals surface area contributed by atoms with E-state index < -0.39 is 17.2 Å². The van der Waals surface area contributed by atoms with Gasteiger partial charge in [0.15, 0.2) is 11.6 Å². The molecule has 2 aromatic heterocycles. The van der Waals surface area contributed by atoms with E-state index in [9.17, 15) is 13.6 Å². The van der Waals surface area contributed by atoms with Gasteiger partial charge in [-0.25, -0.2) is 18.4 Å². The Bertz CT molecular complexity index is 1300. The van der Waals surface area contributed by atoms with Crippen molar-refractivity contribution < 1.29 is 13.6 Å². The van der Waals surface area contributed by atoms with Crippen molar-refractivity contribution in [2.75, 3.05) is 6.54 Å². The zero-order valence-electron chi connectivity index (χ0n) is 17.2. The van der Waals surface area contributed by atoms with Crippen molar-refractivity contribution in [3.8, 4) is 5.69 Å². The van der Waals surface area contributed by atoms with Gasteiger partial charge in [0.1, 0.15) is 11.3 Å². The lowest BCUT2D eigenvalue weighted by Crippen LogP contribution is -2.44. The van der Waals surface area contributed by atoms with Crippen LogP contribution in [-0.2, 0) is 5.54 Å². The van der Waals surface area contributed by atoms with Gasteiger partial charge in [-0.15, -0.1) is 0 Å². The van der Waals surface area contributed by atoms with E-state index in [2.05, 4.69) is 15.1 Å². The molecule has 1 amide bonds. The van der Waals surface area contributed by atoms with Crippen LogP contribution in [0.15, 0.2) is 48.8 Å². The van der Waals surface area contributed by atoms with Gasteiger partial charge in [-0.3, -0.25) is 4.79 Å². The lowest BCUT2D eigenvalue weighted by Gasteiger charge is -2.34. The van der Waals surface area contributed by atoms with Gasteiger partial charge in [-0.1, -0.05) is 11.6 Å². The van der Waals surface area contributed by atoms with Crippen LogP contribution >= 0.6 is 0 Å². The molecule has 2 aromatic carbocycles. The molecule has 4 aromatic rings. The number of halogens is 2. The van der Waals surface area contributed by atoms with Crippen molar-refractivity contribution in [2.45, 2.75) is 32.2 Å². The first kappa shape index (κ1) is 19.4. The van der Waals surface area contributed by atoms with E-state index in [1.807, 2.05) is 32.0 Å². The number of imidazole rings is 1. The smallest absolute Gasteiger partial charge is 0.256 e. The van der Waals surface area contributed by atoms with Gasteiger partial charge in [0.2, 0.25) is 0 Å². The molecule has 1 saturated heterocycles. The lowest BCUT2D eigenvalue weighted by molar-refractivity contribution is 0.0605. The third-order valence-electron chi connectivity index (χ3n) is 6.08. The van der Waals surface area contributed by atoms with Crippen LogP contribution in [0.5, 0.6) is 0 Å². The van der Waals surface area contributed by atoms with E-state index in [4.69, 9.17) is 0 Å². The third kappa shape index (κ3) is 3.01. The van der Waals surface area contributed by atoms with Crippen LogP contribution in [0.1, 0.15) is 41.5 Å². The van der Waals surface area contributed by atoms with Gasteiger partial charge in [-0.05, 0) is 57.0 Å². The largest absolute Gasteiger partial charge is 0.340 e. The van der Waals surface area contributed by atoms with Crippen molar-refractivity contribution in [3.63, 3.8) is 0 Å². The second-order valence-corrected chi connectivity index (χ2v) is 8.15. The van der Waals surface area contributed by atoms with Gasteiger partial charge < -0.3 is 9.88 Å². The first-order valence-corrected chi connectivity index (χ1v) is 10.2. The highest BCUT2D eigenvalue weighted by Crippen LogP contribution is 2.39. The molecule has 31 heavy (non-hydrogen) atoms. The molecule has 0 aliphatic carbocycles.